The lowest BCUT2D eigenvalue weighted by atomic mass is 9.92. The molecule has 0 aromatic heterocycles. The molecule has 0 saturated carbocycles. The zero-order valence-corrected chi connectivity index (χ0v) is 12.2. The SMILES string of the molecule is COc1ccc(CNCCC(C)(C)C)cc1OC. The fraction of sp³-hybridized carbons (Fsp3) is 0.600. The van der Waals surface area contributed by atoms with Gasteiger partial charge in [0.25, 0.3) is 0 Å². The Labute approximate surface area is 110 Å². The molecule has 3 nitrogen and oxygen atoms in total. The summed E-state index contributed by atoms with van der Waals surface area (Å²) < 4.78 is 10.5. The molecule has 102 valence electrons. The summed E-state index contributed by atoms with van der Waals surface area (Å²) in [6, 6.07) is 6.02. The first-order valence-corrected chi connectivity index (χ1v) is 6.38. The topological polar surface area (TPSA) is 30.5 Å². The van der Waals surface area contributed by atoms with Crippen molar-refractivity contribution >= 4 is 0 Å². The van der Waals surface area contributed by atoms with Crippen molar-refractivity contribution in [3.05, 3.63) is 23.8 Å². The summed E-state index contributed by atoms with van der Waals surface area (Å²) in [6.45, 7) is 8.65. The van der Waals surface area contributed by atoms with Crippen LogP contribution in [0, 0.1) is 5.41 Å². The van der Waals surface area contributed by atoms with Gasteiger partial charge >= 0.3 is 0 Å². The Morgan fingerprint density at radius 2 is 1.72 bits per heavy atom. The molecule has 0 heterocycles. The van der Waals surface area contributed by atoms with E-state index in [0.29, 0.717) is 5.41 Å². The lowest BCUT2D eigenvalue weighted by molar-refractivity contribution is 0.353. The van der Waals surface area contributed by atoms with E-state index >= 15 is 0 Å². The molecule has 1 aromatic rings. The van der Waals surface area contributed by atoms with Crippen LogP contribution in [-0.4, -0.2) is 20.8 Å². The zero-order chi connectivity index (χ0) is 13.6. The maximum atomic E-state index is 5.28. The molecule has 3 heteroatoms. The Hall–Kier alpha value is -1.22. The number of hydrogen-bond acceptors (Lipinski definition) is 3. The number of benzene rings is 1. The Balaban J connectivity index is 2.48. The summed E-state index contributed by atoms with van der Waals surface area (Å²) in [6.07, 6.45) is 1.17. The minimum atomic E-state index is 0.380. The summed E-state index contributed by atoms with van der Waals surface area (Å²) in [4.78, 5) is 0. The highest BCUT2D eigenvalue weighted by molar-refractivity contribution is 5.42. The van der Waals surface area contributed by atoms with E-state index in [1.165, 1.54) is 12.0 Å². The van der Waals surface area contributed by atoms with E-state index in [4.69, 9.17) is 9.47 Å². The molecule has 0 aliphatic rings. The normalized spacial score (nSPS) is 11.4. The first-order valence-electron chi connectivity index (χ1n) is 6.38. The maximum absolute atomic E-state index is 5.28. The fourth-order valence-electron chi connectivity index (χ4n) is 1.69. The molecular formula is C15H25NO2. The summed E-state index contributed by atoms with van der Waals surface area (Å²) in [5.41, 5.74) is 1.59. The van der Waals surface area contributed by atoms with Crippen molar-refractivity contribution < 1.29 is 9.47 Å². The van der Waals surface area contributed by atoms with Crippen LogP contribution in [0.4, 0.5) is 0 Å². The van der Waals surface area contributed by atoms with E-state index in [-0.39, 0.29) is 0 Å². The number of ether oxygens (including phenoxy) is 2. The predicted molar refractivity (Wildman–Crippen MR) is 75.3 cm³/mol. The van der Waals surface area contributed by atoms with Crippen LogP contribution in [0.3, 0.4) is 0 Å². The second-order valence-electron chi connectivity index (χ2n) is 5.68. The van der Waals surface area contributed by atoms with Gasteiger partial charge in [0.1, 0.15) is 0 Å². The Morgan fingerprint density at radius 1 is 1.06 bits per heavy atom. The lowest BCUT2D eigenvalue weighted by Gasteiger charge is -2.18. The van der Waals surface area contributed by atoms with E-state index < -0.39 is 0 Å². The molecule has 0 aliphatic carbocycles. The molecule has 0 saturated heterocycles. The van der Waals surface area contributed by atoms with Crippen molar-refractivity contribution in [2.75, 3.05) is 20.8 Å². The van der Waals surface area contributed by atoms with Gasteiger partial charge in [0, 0.05) is 6.54 Å². The van der Waals surface area contributed by atoms with Crippen molar-refractivity contribution in [3.8, 4) is 11.5 Å². The minimum Gasteiger partial charge on any atom is -0.493 e. The molecule has 1 N–H and O–H groups in total. The van der Waals surface area contributed by atoms with E-state index in [9.17, 15) is 0 Å². The average molecular weight is 251 g/mol. The van der Waals surface area contributed by atoms with Crippen LogP contribution in [0.1, 0.15) is 32.8 Å². The van der Waals surface area contributed by atoms with E-state index in [2.05, 4.69) is 32.2 Å². The number of hydrogen-bond donors (Lipinski definition) is 1. The molecule has 0 fully saturated rings. The summed E-state index contributed by atoms with van der Waals surface area (Å²) in [7, 11) is 3.31. The molecule has 18 heavy (non-hydrogen) atoms. The maximum Gasteiger partial charge on any atom is 0.161 e. The number of nitrogens with one attached hydrogen (secondary N) is 1. The summed E-state index contributed by atoms with van der Waals surface area (Å²) >= 11 is 0. The van der Waals surface area contributed by atoms with E-state index in [1.54, 1.807) is 14.2 Å². The Bertz CT molecular complexity index is 369. The van der Waals surface area contributed by atoms with Gasteiger partial charge in [-0.15, -0.1) is 0 Å². The van der Waals surface area contributed by atoms with Gasteiger partial charge in [0.15, 0.2) is 11.5 Å². The van der Waals surface area contributed by atoms with Gasteiger partial charge in [-0.25, -0.2) is 0 Å². The van der Waals surface area contributed by atoms with Crippen molar-refractivity contribution in [1.29, 1.82) is 0 Å². The van der Waals surface area contributed by atoms with Crippen molar-refractivity contribution in [1.82, 2.24) is 5.32 Å². The molecule has 1 aromatic carbocycles. The van der Waals surface area contributed by atoms with Crippen LogP contribution in [0.2, 0.25) is 0 Å². The molecule has 0 amide bonds. The summed E-state index contributed by atoms with van der Waals surface area (Å²) in [5.74, 6) is 1.56. The first-order chi connectivity index (χ1) is 8.46. The third kappa shape index (κ3) is 4.96. The zero-order valence-electron chi connectivity index (χ0n) is 12.2. The first kappa shape index (κ1) is 14.8. The number of rotatable bonds is 6. The summed E-state index contributed by atoms with van der Waals surface area (Å²) in [5, 5.41) is 3.45. The van der Waals surface area contributed by atoms with Crippen molar-refractivity contribution in [2.45, 2.75) is 33.7 Å². The minimum absolute atomic E-state index is 0.380. The Morgan fingerprint density at radius 3 is 2.28 bits per heavy atom. The molecule has 0 radical (unpaired) electrons. The van der Waals surface area contributed by atoms with Crippen LogP contribution in [0.5, 0.6) is 11.5 Å². The second kappa shape index (κ2) is 6.64. The standard InChI is InChI=1S/C15H25NO2/c1-15(2,3)8-9-16-11-12-6-7-13(17-4)14(10-12)18-5/h6-7,10,16H,8-9,11H2,1-5H3. The highest BCUT2D eigenvalue weighted by atomic mass is 16.5. The van der Waals surface area contributed by atoms with Crippen molar-refractivity contribution in [2.24, 2.45) is 5.41 Å². The van der Waals surface area contributed by atoms with Gasteiger partial charge in [-0.1, -0.05) is 26.8 Å². The van der Waals surface area contributed by atoms with Gasteiger partial charge in [0.05, 0.1) is 14.2 Å². The third-order valence-electron chi connectivity index (χ3n) is 2.83. The van der Waals surface area contributed by atoms with Gasteiger partial charge in [-0.05, 0) is 36.1 Å². The van der Waals surface area contributed by atoms with Crippen molar-refractivity contribution in [3.63, 3.8) is 0 Å². The van der Waals surface area contributed by atoms with E-state index in [1.807, 2.05) is 12.1 Å². The molecule has 0 unspecified atom stereocenters. The van der Waals surface area contributed by atoms with Gasteiger partial charge in [-0.3, -0.25) is 0 Å². The highest BCUT2D eigenvalue weighted by Gasteiger charge is 2.09. The van der Waals surface area contributed by atoms with E-state index in [0.717, 1.165) is 24.6 Å². The van der Waals surface area contributed by atoms with Gasteiger partial charge in [0.2, 0.25) is 0 Å². The molecular weight excluding hydrogens is 226 g/mol. The molecule has 0 aliphatic heterocycles. The van der Waals surface area contributed by atoms with Crippen LogP contribution < -0.4 is 14.8 Å². The highest BCUT2D eigenvalue weighted by Crippen LogP contribution is 2.27. The van der Waals surface area contributed by atoms with Gasteiger partial charge < -0.3 is 14.8 Å². The molecule has 0 spiro atoms. The van der Waals surface area contributed by atoms with Crippen LogP contribution in [-0.2, 0) is 6.54 Å². The average Bonchev–Trinajstić information content (AvgIpc) is 2.33. The molecule has 1 rings (SSSR count). The van der Waals surface area contributed by atoms with Gasteiger partial charge in [-0.2, -0.15) is 0 Å². The fourth-order valence-corrected chi connectivity index (χ4v) is 1.69. The largest absolute Gasteiger partial charge is 0.493 e. The lowest BCUT2D eigenvalue weighted by Crippen LogP contribution is -2.20. The quantitative estimate of drug-likeness (QED) is 0.787. The third-order valence-corrected chi connectivity index (χ3v) is 2.83. The predicted octanol–water partition coefficient (Wildman–Crippen LogP) is 3.23. The number of methoxy groups -OCH3 is 2. The van der Waals surface area contributed by atoms with Crippen LogP contribution in [0.25, 0.3) is 0 Å². The smallest absolute Gasteiger partial charge is 0.161 e. The second-order valence-corrected chi connectivity index (χ2v) is 5.68. The van der Waals surface area contributed by atoms with Crippen LogP contribution >= 0.6 is 0 Å². The Kier molecular flexibility index (Phi) is 5.48. The van der Waals surface area contributed by atoms with Crippen LogP contribution in [0.15, 0.2) is 18.2 Å². The monoisotopic (exact) mass is 251 g/mol. The molecule has 0 atom stereocenters. The molecule has 0 bridgehead atoms.